The first-order valence-electron chi connectivity index (χ1n) is 13.3. The number of ether oxygens (including phenoxy) is 1. The molecular weight excluding hydrogens is 515 g/mol. The minimum Gasteiger partial charge on any atom is -0.474 e. The second kappa shape index (κ2) is 12.5. The number of carbonyl (C=O) groups is 1. The third kappa shape index (κ3) is 7.73. The van der Waals surface area contributed by atoms with Gasteiger partial charge in [-0.1, -0.05) is 6.07 Å². The monoisotopic (exact) mass is 549 g/mol. The molecule has 0 unspecified atom stereocenters. The van der Waals surface area contributed by atoms with Crippen LogP contribution < -0.4 is 15.4 Å². The quantitative estimate of drug-likeness (QED) is 0.318. The van der Waals surface area contributed by atoms with E-state index < -0.39 is 22.4 Å². The van der Waals surface area contributed by atoms with Crippen molar-refractivity contribution in [3.63, 3.8) is 0 Å². The number of aryl methyl sites for hydroxylation is 1. The number of aromatic nitrogens is 1. The summed E-state index contributed by atoms with van der Waals surface area (Å²) in [5.74, 6) is 1.13. The van der Waals surface area contributed by atoms with Gasteiger partial charge in [0.05, 0.1) is 4.92 Å². The molecule has 0 atom stereocenters. The number of carbonyl (C=O) groups excluding carboxylic acids is 1. The summed E-state index contributed by atoms with van der Waals surface area (Å²) >= 11 is 0. The number of nitro benzene ring substituents is 1. The molecule has 2 amide bonds. The zero-order valence-corrected chi connectivity index (χ0v) is 21.9. The number of hydrogen-bond donors (Lipinski definition) is 2. The van der Waals surface area contributed by atoms with Crippen molar-refractivity contribution in [2.75, 3.05) is 25.5 Å². The van der Waals surface area contributed by atoms with Crippen molar-refractivity contribution < 1.29 is 27.6 Å². The van der Waals surface area contributed by atoms with Crippen molar-refractivity contribution in [2.24, 2.45) is 5.92 Å². The Morgan fingerprint density at radius 1 is 1.13 bits per heavy atom. The van der Waals surface area contributed by atoms with Crippen molar-refractivity contribution in [1.29, 1.82) is 0 Å². The van der Waals surface area contributed by atoms with Crippen molar-refractivity contribution in [3.05, 3.63) is 57.8 Å². The molecule has 1 aromatic heterocycles. The van der Waals surface area contributed by atoms with E-state index in [-0.39, 0.29) is 23.9 Å². The van der Waals surface area contributed by atoms with Crippen LogP contribution in [-0.4, -0.2) is 53.1 Å². The van der Waals surface area contributed by atoms with Crippen molar-refractivity contribution in [2.45, 2.75) is 69.7 Å². The number of anilines is 1. The van der Waals surface area contributed by atoms with Gasteiger partial charge < -0.3 is 20.3 Å². The fourth-order valence-electron chi connectivity index (χ4n) is 5.34. The van der Waals surface area contributed by atoms with Gasteiger partial charge in [0.2, 0.25) is 5.88 Å². The molecule has 2 N–H and O–H groups in total. The molecule has 0 bridgehead atoms. The second-order valence-electron chi connectivity index (χ2n) is 10.2. The third-order valence-corrected chi connectivity index (χ3v) is 7.54. The zero-order valence-electron chi connectivity index (χ0n) is 21.9. The predicted molar refractivity (Wildman–Crippen MR) is 140 cm³/mol. The molecule has 9 nitrogen and oxygen atoms in total. The minimum absolute atomic E-state index is 0.0216. The molecule has 1 saturated carbocycles. The van der Waals surface area contributed by atoms with Crippen LogP contribution in [0.3, 0.4) is 0 Å². The topological polar surface area (TPSA) is 110 Å². The zero-order chi connectivity index (χ0) is 28.0. The lowest BCUT2D eigenvalue weighted by Crippen LogP contribution is -2.43. The maximum Gasteiger partial charge on any atom is 0.423 e. The summed E-state index contributed by atoms with van der Waals surface area (Å²) < 4.78 is 46.0. The normalized spacial score (nSPS) is 20.4. The van der Waals surface area contributed by atoms with Gasteiger partial charge in [-0.25, -0.2) is 9.78 Å². The summed E-state index contributed by atoms with van der Waals surface area (Å²) in [4.78, 5) is 28.2. The van der Waals surface area contributed by atoms with E-state index in [4.69, 9.17) is 4.74 Å². The molecule has 39 heavy (non-hydrogen) atoms. The van der Waals surface area contributed by atoms with Crippen LogP contribution >= 0.6 is 0 Å². The molecule has 0 spiro atoms. The first-order valence-corrected chi connectivity index (χ1v) is 13.3. The summed E-state index contributed by atoms with van der Waals surface area (Å²) in [6.07, 6.45) is 1.78. The van der Waals surface area contributed by atoms with Crippen LogP contribution in [0.4, 0.5) is 29.3 Å². The maximum absolute atomic E-state index is 13.3. The molecule has 12 heteroatoms. The largest absolute Gasteiger partial charge is 0.474 e. The summed E-state index contributed by atoms with van der Waals surface area (Å²) in [6.45, 7) is 1.54. The number of likely N-dealkylation sites (tertiary alicyclic amines) is 1. The minimum atomic E-state index is -4.81. The summed E-state index contributed by atoms with van der Waals surface area (Å²) in [5.41, 5.74) is -1.03. The standard InChI is InChI=1S/C27H34F3N5O4/c1-31-26(36)34-15-13-18(14-16-34)5-6-19-3-2-4-25(33-19)39-22-10-7-20(8-11-22)32-21-9-12-24(35(37)38)23(17-21)27(28,29)30/h2-4,9,12,17-18,20,22,32H,5-8,10-11,13-16H2,1H3,(H,31,36). The number of urea groups is 1. The number of halogens is 3. The molecule has 1 aliphatic heterocycles. The number of benzene rings is 1. The van der Waals surface area contributed by atoms with Gasteiger partial charge in [0.25, 0.3) is 5.69 Å². The van der Waals surface area contributed by atoms with Crippen molar-refractivity contribution in [3.8, 4) is 5.88 Å². The molecule has 1 saturated heterocycles. The van der Waals surface area contributed by atoms with Crippen LogP contribution in [0.5, 0.6) is 5.88 Å². The molecule has 2 aromatic rings. The smallest absolute Gasteiger partial charge is 0.423 e. The van der Waals surface area contributed by atoms with Crippen LogP contribution in [0.25, 0.3) is 0 Å². The van der Waals surface area contributed by atoms with E-state index >= 15 is 0 Å². The molecule has 2 heterocycles. The Morgan fingerprint density at radius 2 is 1.85 bits per heavy atom. The average molecular weight is 550 g/mol. The van der Waals surface area contributed by atoms with Gasteiger partial charge >= 0.3 is 12.2 Å². The summed E-state index contributed by atoms with van der Waals surface area (Å²) in [7, 11) is 1.65. The van der Waals surface area contributed by atoms with E-state index in [1.165, 1.54) is 6.07 Å². The van der Waals surface area contributed by atoms with Gasteiger partial charge in [0, 0.05) is 49.7 Å². The number of amides is 2. The Bertz CT molecular complexity index is 1150. The first-order chi connectivity index (χ1) is 18.6. The molecule has 1 aromatic carbocycles. The highest BCUT2D eigenvalue weighted by atomic mass is 19.4. The SMILES string of the molecule is CNC(=O)N1CCC(CCc2cccc(OC3CCC(Nc4ccc([N+](=O)[O-])c(C(F)(F)F)c4)CC3)n2)CC1. The van der Waals surface area contributed by atoms with E-state index in [9.17, 15) is 28.1 Å². The summed E-state index contributed by atoms with van der Waals surface area (Å²) in [5, 5.41) is 16.7. The van der Waals surface area contributed by atoms with Gasteiger partial charge in [0.15, 0.2) is 0 Å². The number of alkyl halides is 3. The number of nitrogens with zero attached hydrogens (tertiary/aromatic N) is 3. The number of pyridine rings is 1. The van der Waals surface area contributed by atoms with Crippen LogP contribution in [0.2, 0.25) is 0 Å². The van der Waals surface area contributed by atoms with E-state index in [2.05, 4.69) is 15.6 Å². The Balaban J connectivity index is 1.24. The lowest BCUT2D eigenvalue weighted by Gasteiger charge is -2.31. The number of nitrogens with one attached hydrogen (secondary N) is 2. The van der Waals surface area contributed by atoms with Crippen LogP contribution in [0.1, 0.15) is 56.2 Å². The summed E-state index contributed by atoms with van der Waals surface area (Å²) in [6, 6.07) is 8.71. The Hall–Kier alpha value is -3.57. The molecule has 2 fully saturated rings. The molecule has 212 valence electrons. The lowest BCUT2D eigenvalue weighted by atomic mass is 9.91. The highest BCUT2D eigenvalue weighted by molar-refractivity contribution is 5.73. The van der Waals surface area contributed by atoms with Gasteiger partial charge in [-0.2, -0.15) is 13.2 Å². The molecular formula is C27H34F3N5O4. The Kier molecular flexibility index (Phi) is 9.13. The average Bonchev–Trinajstić information content (AvgIpc) is 2.92. The van der Waals surface area contributed by atoms with Crippen molar-refractivity contribution >= 4 is 17.4 Å². The van der Waals surface area contributed by atoms with Gasteiger partial charge in [-0.05, 0) is 75.5 Å². The third-order valence-electron chi connectivity index (χ3n) is 7.54. The van der Waals surface area contributed by atoms with Crippen LogP contribution in [-0.2, 0) is 12.6 Å². The fraction of sp³-hybridized carbons (Fsp3) is 0.556. The highest BCUT2D eigenvalue weighted by Crippen LogP contribution is 2.38. The predicted octanol–water partition coefficient (Wildman–Crippen LogP) is 5.79. The molecule has 4 rings (SSSR count). The van der Waals surface area contributed by atoms with Crippen LogP contribution in [0, 0.1) is 16.0 Å². The van der Waals surface area contributed by atoms with E-state index in [0.717, 1.165) is 56.6 Å². The van der Waals surface area contributed by atoms with E-state index in [1.807, 2.05) is 23.1 Å². The number of hydrogen-bond acceptors (Lipinski definition) is 6. The first kappa shape index (κ1) is 28.4. The van der Waals surface area contributed by atoms with Crippen LogP contribution in [0.15, 0.2) is 36.4 Å². The molecule has 0 radical (unpaired) electrons. The second-order valence-corrected chi connectivity index (χ2v) is 10.2. The molecule has 2 aliphatic rings. The fourth-order valence-corrected chi connectivity index (χ4v) is 5.34. The highest BCUT2D eigenvalue weighted by Gasteiger charge is 2.38. The van der Waals surface area contributed by atoms with Gasteiger partial charge in [0.1, 0.15) is 11.7 Å². The lowest BCUT2D eigenvalue weighted by molar-refractivity contribution is -0.388. The van der Waals surface area contributed by atoms with Crippen molar-refractivity contribution in [1.82, 2.24) is 15.2 Å². The number of nitro groups is 1. The van der Waals surface area contributed by atoms with Gasteiger partial charge in [-0.15, -0.1) is 0 Å². The number of rotatable bonds is 8. The maximum atomic E-state index is 13.3. The van der Waals surface area contributed by atoms with E-state index in [1.54, 1.807) is 7.05 Å². The number of piperidine rings is 1. The van der Waals surface area contributed by atoms with Gasteiger partial charge in [-0.3, -0.25) is 10.1 Å². The Morgan fingerprint density at radius 3 is 2.49 bits per heavy atom. The van der Waals surface area contributed by atoms with E-state index in [0.29, 0.717) is 37.5 Å². The molecule has 1 aliphatic carbocycles. The Labute approximate surface area is 225 Å².